The van der Waals surface area contributed by atoms with E-state index < -0.39 is 0 Å². The van der Waals surface area contributed by atoms with Crippen molar-refractivity contribution in [1.29, 1.82) is 0 Å². The van der Waals surface area contributed by atoms with Crippen LogP contribution in [0.4, 0.5) is 5.69 Å². The molecule has 3 N–H and O–H groups in total. The van der Waals surface area contributed by atoms with Crippen LogP contribution in [0.15, 0.2) is 45.3 Å². The van der Waals surface area contributed by atoms with Crippen LogP contribution in [0.5, 0.6) is 0 Å². The second kappa shape index (κ2) is 6.95. The van der Waals surface area contributed by atoms with Crippen LogP contribution in [0, 0.1) is 0 Å². The monoisotopic (exact) mass is 367 g/mol. The van der Waals surface area contributed by atoms with E-state index >= 15 is 0 Å². The van der Waals surface area contributed by atoms with E-state index in [0.717, 1.165) is 22.3 Å². The first-order valence-electron chi connectivity index (χ1n) is 6.59. The summed E-state index contributed by atoms with van der Waals surface area (Å²) >= 11 is 5.16. The number of benzene rings is 1. The molecule has 0 fully saturated rings. The Kier molecular flexibility index (Phi) is 5.25. The average molecular weight is 368 g/mol. The van der Waals surface area contributed by atoms with Gasteiger partial charge >= 0.3 is 0 Å². The molecular formula is C15H18BrN3OS. The summed E-state index contributed by atoms with van der Waals surface area (Å²) in [6.07, 6.45) is 0. The molecule has 0 amide bonds. The van der Waals surface area contributed by atoms with Crippen LogP contribution < -0.4 is 10.6 Å². The topological polar surface area (TPSA) is 61.8 Å². The van der Waals surface area contributed by atoms with Crippen molar-refractivity contribution in [3.05, 3.63) is 50.6 Å². The predicted octanol–water partition coefficient (Wildman–Crippen LogP) is 4.02. The van der Waals surface area contributed by atoms with E-state index in [1.54, 1.807) is 11.3 Å². The molecule has 112 valence electrons. The smallest absolute Gasteiger partial charge is 0.172 e. The number of amidine groups is 1. The zero-order valence-electron chi connectivity index (χ0n) is 12.0. The molecule has 1 heterocycles. The Morgan fingerprint density at radius 2 is 2.19 bits per heavy atom. The fraction of sp³-hybridized carbons (Fsp3) is 0.267. The molecule has 21 heavy (non-hydrogen) atoms. The van der Waals surface area contributed by atoms with Crippen molar-refractivity contribution in [3.8, 4) is 0 Å². The maximum absolute atomic E-state index is 9.01. The minimum absolute atomic E-state index is 0.114. The van der Waals surface area contributed by atoms with Gasteiger partial charge in [-0.05, 0) is 43.5 Å². The molecule has 6 heteroatoms. The summed E-state index contributed by atoms with van der Waals surface area (Å²) in [4.78, 5) is 3.52. The maximum atomic E-state index is 9.01. The van der Waals surface area contributed by atoms with Crippen molar-refractivity contribution in [2.75, 3.05) is 4.90 Å². The normalized spacial score (nSPS) is 11.9. The third kappa shape index (κ3) is 3.77. The van der Waals surface area contributed by atoms with Crippen LogP contribution in [0.2, 0.25) is 0 Å². The second-order valence-electron chi connectivity index (χ2n) is 4.95. The molecule has 1 aromatic carbocycles. The number of nitrogens with zero attached hydrogens (tertiary/aromatic N) is 2. The molecule has 0 atom stereocenters. The van der Waals surface area contributed by atoms with Gasteiger partial charge in [-0.15, -0.1) is 11.3 Å². The Labute approximate surface area is 137 Å². The van der Waals surface area contributed by atoms with Crippen LogP contribution >= 0.6 is 27.3 Å². The number of thiophene rings is 1. The Morgan fingerprint density at radius 1 is 1.43 bits per heavy atom. The fourth-order valence-corrected chi connectivity index (χ4v) is 3.20. The van der Waals surface area contributed by atoms with E-state index in [-0.39, 0.29) is 5.84 Å². The van der Waals surface area contributed by atoms with Crippen molar-refractivity contribution < 1.29 is 5.21 Å². The van der Waals surface area contributed by atoms with Gasteiger partial charge in [0.25, 0.3) is 0 Å². The highest BCUT2D eigenvalue weighted by atomic mass is 79.9. The van der Waals surface area contributed by atoms with Crippen LogP contribution in [0.25, 0.3) is 0 Å². The lowest BCUT2D eigenvalue weighted by atomic mass is 10.1. The van der Waals surface area contributed by atoms with Crippen LogP contribution in [-0.2, 0) is 6.54 Å². The predicted molar refractivity (Wildman–Crippen MR) is 92.3 cm³/mol. The Balaban J connectivity index is 2.45. The zero-order valence-corrected chi connectivity index (χ0v) is 14.4. The van der Waals surface area contributed by atoms with Gasteiger partial charge in [-0.3, -0.25) is 0 Å². The highest BCUT2D eigenvalue weighted by Crippen LogP contribution is 2.28. The SMILES string of the molecule is CC(C)N(Cc1cccs1)c1ccc(Br)cc1/C(N)=N/O. The number of oxime groups is 1. The third-order valence-electron chi connectivity index (χ3n) is 3.18. The molecule has 0 saturated heterocycles. The van der Waals surface area contributed by atoms with Crippen molar-refractivity contribution in [3.63, 3.8) is 0 Å². The molecule has 0 unspecified atom stereocenters. The highest BCUT2D eigenvalue weighted by molar-refractivity contribution is 9.10. The summed E-state index contributed by atoms with van der Waals surface area (Å²) in [6, 6.07) is 10.3. The number of rotatable bonds is 5. The van der Waals surface area contributed by atoms with Crippen molar-refractivity contribution in [1.82, 2.24) is 0 Å². The van der Waals surface area contributed by atoms with E-state index in [0.29, 0.717) is 6.04 Å². The Bertz CT molecular complexity index is 626. The minimum Gasteiger partial charge on any atom is -0.409 e. The molecule has 0 saturated carbocycles. The van der Waals surface area contributed by atoms with Gasteiger partial charge in [-0.1, -0.05) is 27.2 Å². The lowest BCUT2D eigenvalue weighted by Crippen LogP contribution is -2.32. The van der Waals surface area contributed by atoms with Crippen molar-refractivity contribution >= 4 is 38.8 Å². The quantitative estimate of drug-likeness (QED) is 0.363. The van der Waals surface area contributed by atoms with E-state index in [1.807, 2.05) is 24.3 Å². The van der Waals surface area contributed by atoms with E-state index in [2.05, 4.69) is 51.3 Å². The molecular weight excluding hydrogens is 350 g/mol. The standard InChI is InChI=1S/C15H18BrN3OS/c1-10(2)19(9-12-4-3-7-21-12)14-6-5-11(16)8-13(14)15(17)18-20/h3-8,10,20H,9H2,1-2H3,(H2,17,18). The van der Waals surface area contributed by atoms with Crippen LogP contribution in [0.1, 0.15) is 24.3 Å². The highest BCUT2D eigenvalue weighted by Gasteiger charge is 2.18. The summed E-state index contributed by atoms with van der Waals surface area (Å²) in [6.45, 7) is 5.06. The van der Waals surface area contributed by atoms with E-state index in [4.69, 9.17) is 10.9 Å². The first-order chi connectivity index (χ1) is 10.0. The molecule has 0 aliphatic carbocycles. The van der Waals surface area contributed by atoms with E-state index in [1.165, 1.54) is 4.88 Å². The van der Waals surface area contributed by atoms with Gasteiger partial charge in [0.2, 0.25) is 0 Å². The van der Waals surface area contributed by atoms with Gasteiger partial charge in [0.1, 0.15) is 0 Å². The summed E-state index contributed by atoms with van der Waals surface area (Å²) in [5, 5.41) is 14.2. The number of halogens is 1. The summed E-state index contributed by atoms with van der Waals surface area (Å²) in [7, 11) is 0. The average Bonchev–Trinajstić information content (AvgIpc) is 2.97. The van der Waals surface area contributed by atoms with Gasteiger partial charge in [0, 0.05) is 26.6 Å². The van der Waals surface area contributed by atoms with Gasteiger partial charge in [0.15, 0.2) is 5.84 Å². The Morgan fingerprint density at radius 3 is 2.76 bits per heavy atom. The number of anilines is 1. The minimum atomic E-state index is 0.114. The van der Waals surface area contributed by atoms with Gasteiger partial charge in [-0.2, -0.15) is 0 Å². The third-order valence-corrected chi connectivity index (χ3v) is 4.54. The second-order valence-corrected chi connectivity index (χ2v) is 6.90. The van der Waals surface area contributed by atoms with Crippen LogP contribution in [0.3, 0.4) is 0 Å². The summed E-state index contributed by atoms with van der Waals surface area (Å²) in [5.41, 5.74) is 7.51. The molecule has 2 aromatic rings. The number of nitrogens with two attached hydrogens (primary N) is 1. The molecule has 0 spiro atoms. The lowest BCUT2D eigenvalue weighted by molar-refractivity contribution is 0.318. The van der Waals surface area contributed by atoms with Crippen LogP contribution in [-0.4, -0.2) is 17.1 Å². The fourth-order valence-electron chi connectivity index (χ4n) is 2.13. The lowest BCUT2D eigenvalue weighted by Gasteiger charge is -2.30. The molecule has 0 aliphatic heterocycles. The largest absolute Gasteiger partial charge is 0.409 e. The first kappa shape index (κ1) is 15.9. The molecule has 2 rings (SSSR count). The summed E-state index contributed by atoms with van der Waals surface area (Å²) in [5.74, 6) is 0.114. The summed E-state index contributed by atoms with van der Waals surface area (Å²) < 4.78 is 0.896. The van der Waals surface area contributed by atoms with Gasteiger partial charge in [0.05, 0.1) is 6.54 Å². The van der Waals surface area contributed by atoms with Crippen molar-refractivity contribution in [2.45, 2.75) is 26.4 Å². The molecule has 1 aromatic heterocycles. The molecule has 4 nitrogen and oxygen atoms in total. The van der Waals surface area contributed by atoms with Crippen molar-refractivity contribution in [2.24, 2.45) is 10.9 Å². The Hall–Kier alpha value is -1.53. The number of hydrogen-bond acceptors (Lipinski definition) is 4. The number of hydrogen-bond donors (Lipinski definition) is 2. The first-order valence-corrected chi connectivity index (χ1v) is 8.26. The van der Waals surface area contributed by atoms with Gasteiger partial charge in [-0.25, -0.2) is 0 Å². The molecule has 0 bridgehead atoms. The maximum Gasteiger partial charge on any atom is 0.172 e. The van der Waals surface area contributed by atoms with E-state index in [9.17, 15) is 0 Å². The molecule has 0 aliphatic rings. The molecule has 0 radical (unpaired) electrons. The zero-order chi connectivity index (χ0) is 15.4. The van der Waals surface area contributed by atoms with Gasteiger partial charge < -0.3 is 15.8 Å².